The van der Waals surface area contributed by atoms with Crippen molar-refractivity contribution < 1.29 is 0 Å². The molecule has 2 heterocycles. The zero-order valence-electron chi connectivity index (χ0n) is 8.76. The molecule has 0 aromatic rings. The summed E-state index contributed by atoms with van der Waals surface area (Å²) in [5, 5.41) is 3.49. The number of rotatable bonds is 2. The molecule has 2 atom stereocenters. The van der Waals surface area contributed by atoms with Gasteiger partial charge in [-0.25, -0.2) is 0 Å². The van der Waals surface area contributed by atoms with Crippen LogP contribution in [0.15, 0.2) is 0 Å². The molecular weight excluding hydrogens is 160 g/mol. The summed E-state index contributed by atoms with van der Waals surface area (Å²) in [6.45, 7) is 8.91. The van der Waals surface area contributed by atoms with E-state index in [1.165, 1.54) is 52.0 Å². The van der Waals surface area contributed by atoms with Crippen LogP contribution in [-0.4, -0.2) is 37.6 Å². The maximum absolute atomic E-state index is 3.49. The Hall–Kier alpha value is -0.0800. The van der Waals surface area contributed by atoms with Crippen LogP contribution < -0.4 is 5.32 Å². The normalized spacial score (nSPS) is 36.7. The summed E-state index contributed by atoms with van der Waals surface area (Å²) >= 11 is 0. The Bertz CT molecular complexity index is 149. The zero-order valence-corrected chi connectivity index (χ0v) is 8.76. The predicted octanol–water partition coefficient (Wildman–Crippen LogP) is 1.33. The Labute approximate surface area is 81.7 Å². The Morgan fingerprint density at radius 2 is 2.31 bits per heavy atom. The minimum atomic E-state index is 0.930. The summed E-state index contributed by atoms with van der Waals surface area (Å²) in [6, 6.07) is 0. The fourth-order valence-electron chi connectivity index (χ4n) is 2.64. The van der Waals surface area contributed by atoms with Gasteiger partial charge in [-0.05, 0) is 50.7 Å². The molecule has 2 aliphatic rings. The van der Waals surface area contributed by atoms with Crippen LogP contribution in [0.2, 0.25) is 0 Å². The minimum absolute atomic E-state index is 0.930. The van der Waals surface area contributed by atoms with Gasteiger partial charge in [0.05, 0.1) is 0 Å². The first-order chi connectivity index (χ1) is 6.34. The van der Waals surface area contributed by atoms with Crippen molar-refractivity contribution >= 4 is 0 Å². The van der Waals surface area contributed by atoms with Gasteiger partial charge in [0.15, 0.2) is 0 Å². The number of hydrogen-bond acceptors (Lipinski definition) is 2. The van der Waals surface area contributed by atoms with Gasteiger partial charge in [0.2, 0.25) is 0 Å². The molecule has 0 aromatic carbocycles. The van der Waals surface area contributed by atoms with Gasteiger partial charge in [-0.2, -0.15) is 0 Å². The summed E-state index contributed by atoms with van der Waals surface area (Å²) in [7, 11) is 0. The summed E-state index contributed by atoms with van der Waals surface area (Å²) in [6.07, 6.45) is 4.24. The van der Waals surface area contributed by atoms with Crippen LogP contribution in [0.1, 0.15) is 26.2 Å². The molecule has 0 radical (unpaired) electrons. The van der Waals surface area contributed by atoms with Crippen molar-refractivity contribution in [2.24, 2.45) is 11.8 Å². The lowest BCUT2D eigenvalue weighted by Gasteiger charge is -2.27. The van der Waals surface area contributed by atoms with Gasteiger partial charge in [0.25, 0.3) is 0 Å². The molecule has 0 saturated carbocycles. The van der Waals surface area contributed by atoms with Crippen molar-refractivity contribution in [3.05, 3.63) is 0 Å². The maximum Gasteiger partial charge on any atom is 0.00219 e. The van der Waals surface area contributed by atoms with Crippen molar-refractivity contribution in [3.8, 4) is 0 Å². The lowest BCUT2D eigenvalue weighted by atomic mass is 9.99. The quantitative estimate of drug-likeness (QED) is 0.693. The molecule has 2 unspecified atom stereocenters. The molecule has 0 amide bonds. The molecule has 2 nitrogen and oxygen atoms in total. The average Bonchev–Trinajstić information content (AvgIpc) is 2.53. The van der Waals surface area contributed by atoms with Crippen molar-refractivity contribution in [2.45, 2.75) is 26.2 Å². The number of hydrogen-bond donors (Lipinski definition) is 1. The van der Waals surface area contributed by atoms with Crippen LogP contribution in [0.25, 0.3) is 0 Å². The smallest absolute Gasteiger partial charge is 0.00219 e. The summed E-state index contributed by atoms with van der Waals surface area (Å²) in [5.41, 5.74) is 0. The van der Waals surface area contributed by atoms with Crippen LogP contribution in [0, 0.1) is 11.8 Å². The SMILES string of the molecule is CC1CCN(CC2CCCNC2)C1. The maximum atomic E-state index is 3.49. The molecule has 0 aromatic heterocycles. The molecular formula is C11H22N2. The highest BCUT2D eigenvalue weighted by Crippen LogP contribution is 2.19. The second-order valence-electron chi connectivity index (χ2n) is 4.87. The van der Waals surface area contributed by atoms with E-state index in [4.69, 9.17) is 0 Å². The number of nitrogens with zero attached hydrogens (tertiary/aromatic N) is 1. The topological polar surface area (TPSA) is 15.3 Å². The molecule has 2 saturated heterocycles. The molecule has 2 heteroatoms. The molecule has 13 heavy (non-hydrogen) atoms. The standard InChI is InChI=1S/C11H22N2/c1-10-4-6-13(8-10)9-11-3-2-5-12-7-11/h10-12H,2-9H2,1H3. The van der Waals surface area contributed by atoms with Gasteiger partial charge in [-0.1, -0.05) is 6.92 Å². The summed E-state index contributed by atoms with van der Waals surface area (Å²) < 4.78 is 0. The molecule has 0 aliphatic carbocycles. The van der Waals surface area contributed by atoms with Crippen molar-refractivity contribution in [1.82, 2.24) is 10.2 Å². The molecule has 0 spiro atoms. The van der Waals surface area contributed by atoms with Gasteiger partial charge in [0.1, 0.15) is 0 Å². The molecule has 2 rings (SSSR count). The molecule has 2 aliphatic heterocycles. The lowest BCUT2D eigenvalue weighted by molar-refractivity contribution is 0.239. The van der Waals surface area contributed by atoms with E-state index in [-0.39, 0.29) is 0 Å². The fourth-order valence-corrected chi connectivity index (χ4v) is 2.64. The molecule has 76 valence electrons. The van der Waals surface area contributed by atoms with E-state index in [0.29, 0.717) is 0 Å². The Morgan fingerprint density at radius 1 is 1.38 bits per heavy atom. The lowest BCUT2D eigenvalue weighted by Crippen LogP contribution is -2.37. The van der Waals surface area contributed by atoms with Crippen LogP contribution in [0.5, 0.6) is 0 Å². The Morgan fingerprint density at radius 3 is 2.92 bits per heavy atom. The number of piperidine rings is 1. The van der Waals surface area contributed by atoms with Gasteiger partial charge in [-0.15, -0.1) is 0 Å². The average molecular weight is 182 g/mol. The van der Waals surface area contributed by atoms with E-state index in [0.717, 1.165) is 11.8 Å². The van der Waals surface area contributed by atoms with Crippen LogP contribution in [-0.2, 0) is 0 Å². The Balaban J connectivity index is 1.71. The first-order valence-corrected chi connectivity index (χ1v) is 5.77. The van der Waals surface area contributed by atoms with Gasteiger partial charge in [-0.3, -0.25) is 0 Å². The van der Waals surface area contributed by atoms with E-state index in [1.54, 1.807) is 0 Å². The van der Waals surface area contributed by atoms with Crippen LogP contribution >= 0.6 is 0 Å². The second kappa shape index (κ2) is 4.43. The highest BCUT2D eigenvalue weighted by atomic mass is 15.1. The molecule has 1 N–H and O–H groups in total. The van der Waals surface area contributed by atoms with E-state index >= 15 is 0 Å². The van der Waals surface area contributed by atoms with E-state index in [2.05, 4.69) is 17.1 Å². The highest BCUT2D eigenvalue weighted by molar-refractivity contribution is 4.77. The monoisotopic (exact) mass is 182 g/mol. The third-order valence-electron chi connectivity index (χ3n) is 3.42. The first-order valence-electron chi connectivity index (χ1n) is 5.77. The zero-order chi connectivity index (χ0) is 9.10. The number of likely N-dealkylation sites (tertiary alicyclic amines) is 1. The minimum Gasteiger partial charge on any atom is -0.316 e. The van der Waals surface area contributed by atoms with Crippen LogP contribution in [0.3, 0.4) is 0 Å². The van der Waals surface area contributed by atoms with Gasteiger partial charge < -0.3 is 10.2 Å². The summed E-state index contributed by atoms with van der Waals surface area (Å²) in [4.78, 5) is 2.66. The van der Waals surface area contributed by atoms with Crippen molar-refractivity contribution in [3.63, 3.8) is 0 Å². The van der Waals surface area contributed by atoms with Gasteiger partial charge in [0, 0.05) is 13.1 Å². The van der Waals surface area contributed by atoms with E-state index in [1.807, 2.05) is 0 Å². The van der Waals surface area contributed by atoms with E-state index < -0.39 is 0 Å². The fraction of sp³-hybridized carbons (Fsp3) is 1.00. The van der Waals surface area contributed by atoms with Crippen molar-refractivity contribution in [1.29, 1.82) is 0 Å². The first kappa shape index (κ1) is 9.47. The van der Waals surface area contributed by atoms with Crippen LogP contribution in [0.4, 0.5) is 0 Å². The third kappa shape index (κ3) is 2.68. The second-order valence-corrected chi connectivity index (χ2v) is 4.87. The third-order valence-corrected chi connectivity index (χ3v) is 3.42. The van der Waals surface area contributed by atoms with Crippen molar-refractivity contribution in [2.75, 3.05) is 32.7 Å². The van der Waals surface area contributed by atoms with Gasteiger partial charge >= 0.3 is 0 Å². The molecule has 2 fully saturated rings. The van der Waals surface area contributed by atoms with E-state index in [9.17, 15) is 0 Å². The molecule has 0 bridgehead atoms. The Kier molecular flexibility index (Phi) is 3.23. The largest absolute Gasteiger partial charge is 0.316 e. The highest BCUT2D eigenvalue weighted by Gasteiger charge is 2.22. The summed E-state index contributed by atoms with van der Waals surface area (Å²) in [5.74, 6) is 1.87. The number of nitrogens with one attached hydrogen (secondary N) is 1. The predicted molar refractivity (Wildman–Crippen MR) is 55.8 cm³/mol.